The fraction of sp³-hybridized carbons (Fsp3) is 0.556. The third-order valence-electron chi connectivity index (χ3n) is 3.61. The molecule has 1 atom stereocenters. The Labute approximate surface area is 122 Å². The Bertz CT molecular complexity index is 433. The number of rotatable bonds is 9. The lowest BCUT2D eigenvalue weighted by atomic mass is 10.1. The van der Waals surface area contributed by atoms with E-state index in [2.05, 4.69) is 38.1 Å². The molecule has 2 nitrogen and oxygen atoms in total. The Morgan fingerprint density at radius 2 is 2.05 bits per heavy atom. The van der Waals surface area contributed by atoms with Gasteiger partial charge in [-0.2, -0.15) is 0 Å². The maximum Gasteiger partial charge on any atom is 0.126 e. The van der Waals surface area contributed by atoms with Crippen LogP contribution in [0.5, 0.6) is 5.75 Å². The van der Waals surface area contributed by atoms with E-state index in [1.54, 1.807) is 0 Å². The predicted molar refractivity (Wildman–Crippen MR) is 84.1 cm³/mol. The zero-order valence-electron chi connectivity index (χ0n) is 12.7. The first-order valence-corrected chi connectivity index (χ1v) is 7.76. The summed E-state index contributed by atoms with van der Waals surface area (Å²) in [5.74, 6) is 0.953. The molecule has 20 heavy (non-hydrogen) atoms. The first-order valence-electron chi connectivity index (χ1n) is 7.76. The lowest BCUT2D eigenvalue weighted by Crippen LogP contribution is -2.17. The van der Waals surface area contributed by atoms with E-state index in [4.69, 9.17) is 9.47 Å². The maximum absolute atomic E-state index is 5.88. The Kier molecular flexibility index (Phi) is 5.66. The fourth-order valence-electron chi connectivity index (χ4n) is 2.09. The molecule has 1 unspecified atom stereocenters. The molecule has 2 rings (SSSR count). The molecule has 1 aromatic carbocycles. The van der Waals surface area contributed by atoms with Gasteiger partial charge in [-0.05, 0) is 25.8 Å². The second-order valence-corrected chi connectivity index (χ2v) is 5.82. The van der Waals surface area contributed by atoms with Crippen molar-refractivity contribution in [2.75, 3.05) is 13.2 Å². The summed E-state index contributed by atoms with van der Waals surface area (Å²) in [5, 5.41) is 0. The number of unbranched alkanes of at least 4 members (excludes halogenated alkanes) is 4. The summed E-state index contributed by atoms with van der Waals surface area (Å²) in [6.07, 6.45) is 10.8. The molecular weight excluding hydrogens is 248 g/mol. The molecule has 0 bridgehead atoms. The van der Waals surface area contributed by atoms with Gasteiger partial charge in [0.05, 0.1) is 6.61 Å². The number of allylic oxidation sites excluding steroid dienone is 1. The monoisotopic (exact) mass is 274 g/mol. The van der Waals surface area contributed by atoms with Crippen molar-refractivity contribution in [3.05, 3.63) is 35.9 Å². The molecule has 0 amide bonds. The minimum absolute atomic E-state index is 0.0586. The maximum atomic E-state index is 5.88. The zero-order valence-corrected chi connectivity index (χ0v) is 12.7. The summed E-state index contributed by atoms with van der Waals surface area (Å²) >= 11 is 0. The molecule has 2 heteroatoms. The van der Waals surface area contributed by atoms with Crippen molar-refractivity contribution in [3.63, 3.8) is 0 Å². The fourth-order valence-corrected chi connectivity index (χ4v) is 2.09. The van der Waals surface area contributed by atoms with Gasteiger partial charge in [0, 0.05) is 5.56 Å². The lowest BCUT2D eigenvalue weighted by molar-refractivity contribution is 0.202. The highest BCUT2D eigenvalue weighted by Gasteiger charge is 2.40. The summed E-state index contributed by atoms with van der Waals surface area (Å²) in [4.78, 5) is 0. The van der Waals surface area contributed by atoms with Crippen LogP contribution in [-0.2, 0) is 4.74 Å². The molecule has 1 aliphatic rings. The molecule has 1 saturated heterocycles. The molecule has 110 valence electrons. The Balaban J connectivity index is 1.82. The highest BCUT2D eigenvalue weighted by Crippen LogP contribution is 2.28. The number of ether oxygens (including phenoxy) is 2. The van der Waals surface area contributed by atoms with Crippen molar-refractivity contribution in [2.24, 2.45) is 0 Å². The van der Waals surface area contributed by atoms with E-state index in [1.807, 2.05) is 12.1 Å². The summed E-state index contributed by atoms with van der Waals surface area (Å²) in [6.45, 7) is 5.77. The SMILES string of the molecule is CCCCCC/C=C/c1ccccc1OCC1(C)CO1. The predicted octanol–water partition coefficient (Wildman–Crippen LogP) is 4.84. The van der Waals surface area contributed by atoms with Gasteiger partial charge in [-0.15, -0.1) is 0 Å². The highest BCUT2D eigenvalue weighted by atomic mass is 16.6. The van der Waals surface area contributed by atoms with Gasteiger partial charge in [0.25, 0.3) is 0 Å². The minimum atomic E-state index is -0.0586. The van der Waals surface area contributed by atoms with Crippen molar-refractivity contribution in [1.29, 1.82) is 0 Å². The van der Waals surface area contributed by atoms with Crippen LogP contribution in [0.2, 0.25) is 0 Å². The molecule has 0 aliphatic carbocycles. The van der Waals surface area contributed by atoms with Gasteiger partial charge in [0.15, 0.2) is 0 Å². The largest absolute Gasteiger partial charge is 0.490 e. The molecule has 1 heterocycles. The first kappa shape index (κ1) is 15.1. The molecule has 0 N–H and O–H groups in total. The van der Waals surface area contributed by atoms with E-state index in [1.165, 1.54) is 25.7 Å². The normalized spacial score (nSPS) is 21.3. The number of hydrogen-bond donors (Lipinski definition) is 0. The van der Waals surface area contributed by atoms with Gasteiger partial charge < -0.3 is 9.47 Å². The van der Waals surface area contributed by atoms with Crippen molar-refractivity contribution < 1.29 is 9.47 Å². The number of epoxide rings is 1. The van der Waals surface area contributed by atoms with Crippen molar-refractivity contribution >= 4 is 6.08 Å². The quantitative estimate of drug-likeness (QED) is 0.475. The second kappa shape index (κ2) is 7.49. The van der Waals surface area contributed by atoms with Crippen LogP contribution in [-0.4, -0.2) is 18.8 Å². The van der Waals surface area contributed by atoms with E-state index in [9.17, 15) is 0 Å². The zero-order chi connectivity index (χ0) is 14.3. The van der Waals surface area contributed by atoms with Crippen LogP contribution >= 0.6 is 0 Å². The molecule has 0 radical (unpaired) electrons. The third kappa shape index (κ3) is 5.01. The summed E-state index contributed by atoms with van der Waals surface area (Å²) in [7, 11) is 0. The standard InChI is InChI=1S/C18H26O2/c1-3-4-5-6-7-8-11-16-12-9-10-13-17(16)19-14-18(2)15-20-18/h8-13H,3-7,14-15H2,1-2H3/b11-8+. The second-order valence-electron chi connectivity index (χ2n) is 5.82. The average molecular weight is 274 g/mol. The summed E-state index contributed by atoms with van der Waals surface area (Å²) in [6, 6.07) is 8.21. The van der Waals surface area contributed by atoms with E-state index in [0.717, 1.165) is 24.3 Å². The van der Waals surface area contributed by atoms with Crippen molar-refractivity contribution in [3.8, 4) is 5.75 Å². The Hall–Kier alpha value is -1.28. The van der Waals surface area contributed by atoms with Gasteiger partial charge in [-0.3, -0.25) is 0 Å². The molecule has 1 fully saturated rings. The van der Waals surface area contributed by atoms with E-state index in [-0.39, 0.29) is 5.60 Å². The summed E-state index contributed by atoms with van der Waals surface area (Å²) in [5.41, 5.74) is 1.10. The third-order valence-corrected chi connectivity index (χ3v) is 3.61. The van der Waals surface area contributed by atoms with Gasteiger partial charge in [0.1, 0.15) is 18.0 Å². The number of hydrogen-bond acceptors (Lipinski definition) is 2. The smallest absolute Gasteiger partial charge is 0.126 e. The van der Waals surface area contributed by atoms with Crippen molar-refractivity contribution in [1.82, 2.24) is 0 Å². The molecule has 1 aromatic rings. The van der Waals surface area contributed by atoms with Gasteiger partial charge >= 0.3 is 0 Å². The molecule has 0 aromatic heterocycles. The average Bonchev–Trinajstić information content (AvgIpc) is 3.20. The molecular formula is C18H26O2. The number of para-hydroxylation sites is 1. The van der Waals surface area contributed by atoms with Crippen LogP contribution in [0.1, 0.15) is 51.5 Å². The van der Waals surface area contributed by atoms with Gasteiger partial charge in [0.2, 0.25) is 0 Å². The van der Waals surface area contributed by atoms with Crippen LogP contribution < -0.4 is 4.74 Å². The van der Waals surface area contributed by atoms with Crippen LogP contribution in [0.3, 0.4) is 0 Å². The topological polar surface area (TPSA) is 21.8 Å². The lowest BCUT2D eigenvalue weighted by Gasteiger charge is -2.11. The van der Waals surface area contributed by atoms with Gasteiger partial charge in [-0.1, -0.05) is 56.5 Å². The molecule has 1 aliphatic heterocycles. The van der Waals surface area contributed by atoms with Crippen LogP contribution in [0.4, 0.5) is 0 Å². The van der Waals surface area contributed by atoms with Crippen LogP contribution in [0.25, 0.3) is 6.08 Å². The van der Waals surface area contributed by atoms with Crippen LogP contribution in [0.15, 0.2) is 30.3 Å². The van der Waals surface area contributed by atoms with E-state index in [0.29, 0.717) is 6.61 Å². The number of benzene rings is 1. The highest BCUT2D eigenvalue weighted by molar-refractivity contribution is 5.57. The Morgan fingerprint density at radius 1 is 1.25 bits per heavy atom. The van der Waals surface area contributed by atoms with Crippen molar-refractivity contribution in [2.45, 2.75) is 51.6 Å². The first-order chi connectivity index (χ1) is 9.73. The Morgan fingerprint density at radius 3 is 2.80 bits per heavy atom. The minimum Gasteiger partial charge on any atom is -0.490 e. The van der Waals surface area contributed by atoms with E-state index >= 15 is 0 Å². The molecule has 0 saturated carbocycles. The van der Waals surface area contributed by atoms with Gasteiger partial charge in [-0.25, -0.2) is 0 Å². The van der Waals surface area contributed by atoms with E-state index < -0.39 is 0 Å². The van der Waals surface area contributed by atoms with Crippen LogP contribution in [0, 0.1) is 0 Å². The summed E-state index contributed by atoms with van der Waals surface area (Å²) < 4.78 is 11.2. The molecule has 0 spiro atoms.